The highest BCUT2D eigenvalue weighted by Gasteiger charge is 2.25. The third-order valence-electron chi connectivity index (χ3n) is 3.54. The van der Waals surface area contributed by atoms with Gasteiger partial charge in [0, 0.05) is 12.1 Å². The molecule has 0 spiro atoms. The van der Waals surface area contributed by atoms with Crippen LogP contribution < -0.4 is 0 Å². The first kappa shape index (κ1) is 14.4. The van der Waals surface area contributed by atoms with Crippen molar-refractivity contribution in [1.82, 2.24) is 4.90 Å². The molecule has 20 heavy (non-hydrogen) atoms. The maximum atomic E-state index is 12.2. The standard InChI is InChI=1S/C15H19NO4/c17-14(9-8-13-7-4-10-20-13)16(11-15(18)19)12-5-2-1-3-6-12/h4,7-10,12H,1-3,5-6,11H2,(H,18,19). The van der Waals surface area contributed by atoms with Gasteiger partial charge in [0.2, 0.25) is 5.91 Å². The summed E-state index contributed by atoms with van der Waals surface area (Å²) >= 11 is 0. The van der Waals surface area contributed by atoms with Gasteiger partial charge in [-0.2, -0.15) is 0 Å². The molecule has 0 radical (unpaired) electrons. The lowest BCUT2D eigenvalue weighted by Crippen LogP contribution is -2.43. The fraction of sp³-hybridized carbons (Fsp3) is 0.467. The van der Waals surface area contributed by atoms with Crippen molar-refractivity contribution >= 4 is 18.0 Å². The van der Waals surface area contributed by atoms with Crippen LogP contribution in [0.15, 0.2) is 28.9 Å². The van der Waals surface area contributed by atoms with E-state index in [-0.39, 0.29) is 18.5 Å². The Balaban J connectivity index is 2.04. The molecule has 5 heteroatoms. The summed E-state index contributed by atoms with van der Waals surface area (Å²) in [6.07, 6.45) is 9.51. The number of hydrogen-bond donors (Lipinski definition) is 1. The minimum Gasteiger partial charge on any atom is -0.480 e. The summed E-state index contributed by atoms with van der Waals surface area (Å²) in [5.41, 5.74) is 0. The number of aliphatic carboxylic acids is 1. The quantitative estimate of drug-likeness (QED) is 0.840. The molecule has 1 N–H and O–H groups in total. The molecular formula is C15H19NO4. The highest BCUT2D eigenvalue weighted by atomic mass is 16.4. The number of nitrogens with zero attached hydrogens (tertiary/aromatic N) is 1. The Morgan fingerprint density at radius 1 is 1.35 bits per heavy atom. The van der Waals surface area contributed by atoms with Gasteiger partial charge in [-0.25, -0.2) is 0 Å². The molecular weight excluding hydrogens is 258 g/mol. The molecule has 0 atom stereocenters. The Morgan fingerprint density at radius 3 is 2.70 bits per heavy atom. The van der Waals surface area contributed by atoms with Crippen molar-refractivity contribution in [1.29, 1.82) is 0 Å². The van der Waals surface area contributed by atoms with E-state index in [1.54, 1.807) is 18.2 Å². The maximum Gasteiger partial charge on any atom is 0.323 e. The van der Waals surface area contributed by atoms with Crippen molar-refractivity contribution < 1.29 is 19.1 Å². The summed E-state index contributed by atoms with van der Waals surface area (Å²) in [4.78, 5) is 24.6. The number of hydrogen-bond acceptors (Lipinski definition) is 3. The zero-order chi connectivity index (χ0) is 14.4. The summed E-state index contributed by atoms with van der Waals surface area (Å²) < 4.78 is 5.12. The molecule has 1 aliphatic rings. The molecule has 0 saturated heterocycles. The predicted octanol–water partition coefficient (Wildman–Crippen LogP) is 2.54. The molecule has 1 aliphatic carbocycles. The van der Waals surface area contributed by atoms with Crippen LogP contribution in [0, 0.1) is 0 Å². The molecule has 0 bridgehead atoms. The van der Waals surface area contributed by atoms with E-state index in [2.05, 4.69) is 0 Å². The molecule has 1 fully saturated rings. The summed E-state index contributed by atoms with van der Waals surface area (Å²) in [7, 11) is 0. The highest BCUT2D eigenvalue weighted by molar-refractivity contribution is 5.93. The Labute approximate surface area is 117 Å². The van der Waals surface area contributed by atoms with Gasteiger partial charge in [-0.05, 0) is 31.1 Å². The number of furan rings is 1. The lowest BCUT2D eigenvalue weighted by molar-refractivity contribution is -0.144. The lowest BCUT2D eigenvalue weighted by atomic mass is 9.94. The van der Waals surface area contributed by atoms with Crippen LogP contribution in [0.1, 0.15) is 37.9 Å². The molecule has 0 aromatic carbocycles. The van der Waals surface area contributed by atoms with E-state index in [4.69, 9.17) is 9.52 Å². The van der Waals surface area contributed by atoms with Gasteiger partial charge < -0.3 is 14.4 Å². The van der Waals surface area contributed by atoms with E-state index in [9.17, 15) is 9.59 Å². The van der Waals surface area contributed by atoms with Crippen molar-refractivity contribution in [2.24, 2.45) is 0 Å². The van der Waals surface area contributed by atoms with Crippen molar-refractivity contribution in [3.63, 3.8) is 0 Å². The Bertz CT molecular complexity index is 472. The van der Waals surface area contributed by atoms with Gasteiger partial charge in [-0.15, -0.1) is 0 Å². The van der Waals surface area contributed by atoms with Crippen molar-refractivity contribution in [3.8, 4) is 0 Å². The summed E-state index contributed by atoms with van der Waals surface area (Å²) in [5.74, 6) is -0.664. The smallest absolute Gasteiger partial charge is 0.323 e. The summed E-state index contributed by atoms with van der Waals surface area (Å²) in [6, 6.07) is 3.51. The van der Waals surface area contributed by atoms with Crippen molar-refractivity contribution in [2.45, 2.75) is 38.1 Å². The van der Waals surface area contributed by atoms with Gasteiger partial charge in [-0.3, -0.25) is 9.59 Å². The molecule has 1 aromatic heterocycles. The monoisotopic (exact) mass is 277 g/mol. The maximum absolute atomic E-state index is 12.2. The number of amides is 1. The van der Waals surface area contributed by atoms with Gasteiger partial charge >= 0.3 is 5.97 Å². The van der Waals surface area contributed by atoms with E-state index in [0.717, 1.165) is 32.1 Å². The fourth-order valence-electron chi connectivity index (χ4n) is 2.56. The lowest BCUT2D eigenvalue weighted by Gasteiger charge is -2.32. The number of carbonyl (C=O) groups excluding carboxylic acids is 1. The molecule has 1 saturated carbocycles. The minimum atomic E-state index is -0.977. The number of carboxylic acids is 1. The topological polar surface area (TPSA) is 70.8 Å². The normalized spacial score (nSPS) is 16.4. The molecule has 1 amide bonds. The molecule has 5 nitrogen and oxygen atoms in total. The van der Waals surface area contributed by atoms with Crippen LogP contribution in [0.5, 0.6) is 0 Å². The van der Waals surface area contributed by atoms with Crippen LogP contribution in [0.25, 0.3) is 6.08 Å². The minimum absolute atomic E-state index is 0.0357. The zero-order valence-corrected chi connectivity index (χ0v) is 11.3. The largest absolute Gasteiger partial charge is 0.480 e. The first-order chi connectivity index (χ1) is 9.66. The van der Waals surface area contributed by atoms with Gasteiger partial charge in [0.15, 0.2) is 0 Å². The Morgan fingerprint density at radius 2 is 2.10 bits per heavy atom. The second-order valence-corrected chi connectivity index (χ2v) is 5.00. The Kier molecular flexibility index (Phi) is 4.98. The molecule has 2 rings (SSSR count). The van der Waals surface area contributed by atoms with E-state index < -0.39 is 5.97 Å². The average molecular weight is 277 g/mol. The van der Waals surface area contributed by atoms with Gasteiger partial charge in [-0.1, -0.05) is 19.3 Å². The third kappa shape index (κ3) is 3.98. The van der Waals surface area contributed by atoms with Gasteiger partial charge in [0.1, 0.15) is 12.3 Å². The third-order valence-corrected chi connectivity index (χ3v) is 3.54. The van der Waals surface area contributed by atoms with Crippen LogP contribution >= 0.6 is 0 Å². The number of carboxylic acid groups (broad SMARTS) is 1. The average Bonchev–Trinajstić information content (AvgIpc) is 2.96. The molecule has 0 unspecified atom stereocenters. The first-order valence-electron chi connectivity index (χ1n) is 6.91. The Hall–Kier alpha value is -2.04. The second-order valence-electron chi connectivity index (χ2n) is 5.00. The number of rotatable bonds is 5. The van der Waals surface area contributed by atoms with E-state index in [1.165, 1.54) is 17.2 Å². The SMILES string of the molecule is O=C(O)CN(C(=O)C=Cc1ccco1)C1CCCCC1. The molecule has 1 aromatic rings. The molecule has 0 aliphatic heterocycles. The van der Waals surface area contributed by atoms with Crippen LogP contribution in [0.4, 0.5) is 0 Å². The van der Waals surface area contributed by atoms with Crippen LogP contribution in [0.2, 0.25) is 0 Å². The predicted molar refractivity (Wildman–Crippen MR) is 74.0 cm³/mol. The molecule has 1 heterocycles. The van der Waals surface area contributed by atoms with E-state index in [1.807, 2.05) is 0 Å². The van der Waals surface area contributed by atoms with Crippen LogP contribution in [-0.2, 0) is 9.59 Å². The fourth-order valence-corrected chi connectivity index (χ4v) is 2.56. The highest BCUT2D eigenvalue weighted by Crippen LogP contribution is 2.23. The van der Waals surface area contributed by atoms with Crippen molar-refractivity contribution in [3.05, 3.63) is 30.2 Å². The van der Waals surface area contributed by atoms with Crippen molar-refractivity contribution in [2.75, 3.05) is 6.54 Å². The van der Waals surface area contributed by atoms with E-state index >= 15 is 0 Å². The van der Waals surface area contributed by atoms with Crippen LogP contribution in [0.3, 0.4) is 0 Å². The van der Waals surface area contributed by atoms with Gasteiger partial charge in [0.05, 0.1) is 6.26 Å². The summed E-state index contributed by atoms with van der Waals surface area (Å²) in [5, 5.41) is 8.98. The van der Waals surface area contributed by atoms with Gasteiger partial charge in [0.25, 0.3) is 0 Å². The second kappa shape index (κ2) is 6.93. The number of carbonyl (C=O) groups is 2. The van der Waals surface area contributed by atoms with E-state index in [0.29, 0.717) is 5.76 Å². The van der Waals surface area contributed by atoms with Crippen LogP contribution in [-0.4, -0.2) is 34.5 Å². The zero-order valence-electron chi connectivity index (χ0n) is 11.3. The first-order valence-corrected chi connectivity index (χ1v) is 6.91. The molecule has 108 valence electrons. The summed E-state index contributed by atoms with van der Waals surface area (Å²) in [6.45, 7) is -0.244.